The highest BCUT2D eigenvalue weighted by molar-refractivity contribution is 8.00. The van der Waals surface area contributed by atoms with Gasteiger partial charge in [-0.3, -0.25) is 24.5 Å². The van der Waals surface area contributed by atoms with Gasteiger partial charge in [0.05, 0.1) is 21.9 Å². The summed E-state index contributed by atoms with van der Waals surface area (Å²) < 4.78 is 0. The topological polar surface area (TPSA) is 144 Å². The second-order valence-electron chi connectivity index (χ2n) is 6.53. The number of hydrogen-bond acceptors (Lipinski definition) is 6. The summed E-state index contributed by atoms with van der Waals surface area (Å²) >= 11 is 1.29. The Labute approximate surface area is 187 Å². The molecule has 0 bridgehead atoms. The van der Waals surface area contributed by atoms with Crippen molar-refractivity contribution in [3.8, 4) is 0 Å². The minimum Gasteiger partial charge on any atom is -0.366 e. The van der Waals surface area contributed by atoms with Crippen LogP contribution in [0.3, 0.4) is 0 Å². The fourth-order valence-corrected chi connectivity index (χ4v) is 3.41. The molecule has 32 heavy (non-hydrogen) atoms. The van der Waals surface area contributed by atoms with Gasteiger partial charge in [0.2, 0.25) is 5.91 Å². The third-order valence-electron chi connectivity index (χ3n) is 4.29. The molecule has 0 aliphatic rings. The zero-order valence-electron chi connectivity index (χ0n) is 16.6. The molecule has 0 fully saturated rings. The molecule has 0 heterocycles. The standard InChI is InChI=1S/C22H18N4O5S/c23-21(28)18-3-1-2-4-19(18)25-20(27)13-32-17-11-7-15(8-12-17)24-22(29)14-5-9-16(10-6-14)26(30)31/h1-12H,13H2,(H2,23,28)(H,24,29)(H,25,27). The number of nitro groups is 1. The lowest BCUT2D eigenvalue weighted by atomic mass is 10.1. The van der Waals surface area contributed by atoms with E-state index in [1.165, 1.54) is 42.1 Å². The maximum Gasteiger partial charge on any atom is 0.269 e. The van der Waals surface area contributed by atoms with Crippen LogP contribution < -0.4 is 16.4 Å². The fourth-order valence-electron chi connectivity index (χ4n) is 2.71. The van der Waals surface area contributed by atoms with Crippen LogP contribution in [-0.2, 0) is 4.79 Å². The summed E-state index contributed by atoms with van der Waals surface area (Å²) in [6.07, 6.45) is 0. The Bertz CT molecular complexity index is 1160. The van der Waals surface area contributed by atoms with Crippen molar-refractivity contribution in [2.24, 2.45) is 5.73 Å². The molecule has 9 nitrogen and oxygen atoms in total. The van der Waals surface area contributed by atoms with Crippen molar-refractivity contribution in [2.45, 2.75) is 4.90 Å². The number of nitrogens with zero attached hydrogens (tertiary/aromatic N) is 1. The van der Waals surface area contributed by atoms with Crippen LogP contribution >= 0.6 is 11.8 Å². The minimum atomic E-state index is -0.625. The van der Waals surface area contributed by atoms with Gasteiger partial charge in [0.25, 0.3) is 17.5 Å². The van der Waals surface area contributed by atoms with Crippen molar-refractivity contribution in [1.82, 2.24) is 0 Å². The second kappa shape index (κ2) is 10.2. The van der Waals surface area contributed by atoms with Crippen LogP contribution in [0.1, 0.15) is 20.7 Å². The predicted octanol–water partition coefficient (Wildman–Crippen LogP) is 3.68. The van der Waals surface area contributed by atoms with Crippen LogP contribution in [0, 0.1) is 10.1 Å². The van der Waals surface area contributed by atoms with E-state index in [1.54, 1.807) is 42.5 Å². The number of non-ortho nitro benzene ring substituents is 1. The van der Waals surface area contributed by atoms with Crippen LogP contribution in [0.4, 0.5) is 17.1 Å². The molecule has 4 N–H and O–H groups in total. The third-order valence-corrected chi connectivity index (χ3v) is 5.30. The molecular formula is C22H18N4O5S. The van der Waals surface area contributed by atoms with Crippen molar-refractivity contribution in [1.29, 1.82) is 0 Å². The number of carbonyl (C=O) groups excluding carboxylic acids is 3. The lowest BCUT2D eigenvalue weighted by molar-refractivity contribution is -0.384. The first kappa shape index (κ1) is 22.5. The van der Waals surface area contributed by atoms with E-state index in [-0.39, 0.29) is 22.9 Å². The summed E-state index contributed by atoms with van der Waals surface area (Å²) in [4.78, 5) is 46.9. The number of nitrogens with one attached hydrogen (secondary N) is 2. The van der Waals surface area contributed by atoms with Gasteiger partial charge < -0.3 is 16.4 Å². The molecule has 0 unspecified atom stereocenters. The monoisotopic (exact) mass is 450 g/mol. The van der Waals surface area contributed by atoms with Crippen LogP contribution in [0.15, 0.2) is 77.7 Å². The predicted molar refractivity (Wildman–Crippen MR) is 122 cm³/mol. The maximum atomic E-state index is 12.3. The number of anilines is 2. The molecule has 0 aliphatic carbocycles. The van der Waals surface area contributed by atoms with Gasteiger partial charge in [0.1, 0.15) is 0 Å². The zero-order chi connectivity index (χ0) is 23.1. The van der Waals surface area contributed by atoms with Crippen molar-refractivity contribution < 1.29 is 19.3 Å². The molecule has 3 aromatic carbocycles. The van der Waals surface area contributed by atoms with Crippen LogP contribution in [-0.4, -0.2) is 28.4 Å². The summed E-state index contributed by atoms with van der Waals surface area (Å²) in [5, 5.41) is 16.1. The van der Waals surface area contributed by atoms with E-state index >= 15 is 0 Å². The largest absolute Gasteiger partial charge is 0.366 e. The number of primary amides is 1. The molecule has 3 rings (SSSR count). The Balaban J connectivity index is 1.53. The molecule has 0 aliphatic heterocycles. The minimum absolute atomic E-state index is 0.0925. The van der Waals surface area contributed by atoms with E-state index in [4.69, 9.17) is 5.73 Å². The molecule has 0 radical (unpaired) electrons. The normalized spacial score (nSPS) is 10.2. The fraction of sp³-hybridized carbons (Fsp3) is 0.0455. The third kappa shape index (κ3) is 5.92. The van der Waals surface area contributed by atoms with Crippen molar-refractivity contribution in [3.05, 3.63) is 94.0 Å². The van der Waals surface area contributed by atoms with Gasteiger partial charge in [-0.1, -0.05) is 12.1 Å². The Morgan fingerprint density at radius 3 is 2.19 bits per heavy atom. The first-order valence-corrected chi connectivity index (χ1v) is 10.3. The van der Waals surface area contributed by atoms with Crippen molar-refractivity contribution >= 4 is 46.5 Å². The van der Waals surface area contributed by atoms with E-state index < -0.39 is 16.7 Å². The first-order valence-electron chi connectivity index (χ1n) is 9.31. The molecule has 3 aromatic rings. The highest BCUT2D eigenvalue weighted by atomic mass is 32.2. The van der Waals surface area contributed by atoms with Gasteiger partial charge in [0, 0.05) is 28.3 Å². The number of rotatable bonds is 8. The Morgan fingerprint density at radius 1 is 0.906 bits per heavy atom. The van der Waals surface area contributed by atoms with E-state index in [0.717, 1.165) is 4.90 Å². The number of nitrogens with two attached hydrogens (primary N) is 1. The number of carbonyl (C=O) groups is 3. The van der Waals surface area contributed by atoms with E-state index in [1.807, 2.05) is 0 Å². The van der Waals surface area contributed by atoms with Crippen LogP contribution in [0.25, 0.3) is 0 Å². The van der Waals surface area contributed by atoms with E-state index in [2.05, 4.69) is 10.6 Å². The summed E-state index contributed by atoms with van der Waals surface area (Å²) in [7, 11) is 0. The smallest absolute Gasteiger partial charge is 0.269 e. The van der Waals surface area contributed by atoms with Crippen LogP contribution in [0.2, 0.25) is 0 Å². The maximum absolute atomic E-state index is 12.3. The molecular weight excluding hydrogens is 432 g/mol. The summed E-state index contributed by atoms with van der Waals surface area (Å²) in [6.45, 7) is 0. The highest BCUT2D eigenvalue weighted by Gasteiger charge is 2.12. The zero-order valence-corrected chi connectivity index (χ0v) is 17.4. The Kier molecular flexibility index (Phi) is 7.19. The van der Waals surface area contributed by atoms with Gasteiger partial charge in [0.15, 0.2) is 0 Å². The highest BCUT2D eigenvalue weighted by Crippen LogP contribution is 2.22. The van der Waals surface area contributed by atoms with Crippen molar-refractivity contribution in [2.75, 3.05) is 16.4 Å². The number of thioether (sulfide) groups is 1. The first-order chi connectivity index (χ1) is 15.3. The SMILES string of the molecule is NC(=O)c1ccccc1NC(=O)CSc1ccc(NC(=O)c2ccc([N+](=O)[O-])cc2)cc1. The van der Waals surface area contributed by atoms with Gasteiger partial charge in [-0.2, -0.15) is 0 Å². The van der Waals surface area contributed by atoms with Gasteiger partial charge in [-0.25, -0.2) is 0 Å². The molecule has 10 heteroatoms. The van der Waals surface area contributed by atoms with E-state index in [9.17, 15) is 24.5 Å². The summed E-state index contributed by atoms with van der Waals surface area (Å²) in [5.41, 5.74) is 6.64. The molecule has 3 amide bonds. The number of benzene rings is 3. The molecule has 162 valence electrons. The molecule has 0 atom stereocenters. The average molecular weight is 450 g/mol. The lowest BCUT2D eigenvalue weighted by Gasteiger charge is -2.09. The van der Waals surface area contributed by atoms with Gasteiger partial charge in [-0.05, 0) is 48.5 Å². The Hall–Kier alpha value is -4.18. The number of hydrogen-bond donors (Lipinski definition) is 3. The number of nitro benzene ring substituents is 1. The van der Waals surface area contributed by atoms with Crippen LogP contribution in [0.5, 0.6) is 0 Å². The molecule has 0 saturated heterocycles. The van der Waals surface area contributed by atoms with Crippen molar-refractivity contribution in [3.63, 3.8) is 0 Å². The van der Waals surface area contributed by atoms with Gasteiger partial charge >= 0.3 is 0 Å². The quantitative estimate of drug-likeness (QED) is 0.271. The second-order valence-corrected chi connectivity index (χ2v) is 7.58. The Morgan fingerprint density at radius 2 is 1.56 bits per heavy atom. The summed E-state index contributed by atoms with van der Waals surface area (Å²) in [5.74, 6) is -1.20. The summed E-state index contributed by atoms with van der Waals surface area (Å²) in [6, 6.07) is 18.7. The number of amides is 3. The van der Waals surface area contributed by atoms with Gasteiger partial charge in [-0.15, -0.1) is 11.8 Å². The number of para-hydroxylation sites is 1. The molecule has 0 aromatic heterocycles. The lowest BCUT2D eigenvalue weighted by Crippen LogP contribution is -2.19. The molecule has 0 saturated carbocycles. The van der Waals surface area contributed by atoms with E-state index in [0.29, 0.717) is 16.9 Å². The average Bonchev–Trinajstić information content (AvgIpc) is 2.79. The molecule has 0 spiro atoms.